The summed E-state index contributed by atoms with van der Waals surface area (Å²) in [6, 6.07) is 4.31. The molecule has 0 aliphatic carbocycles. The Morgan fingerprint density at radius 1 is 1.19 bits per heavy atom. The maximum atomic E-state index is 5.42. The molecule has 0 aromatic heterocycles. The van der Waals surface area contributed by atoms with E-state index in [1.807, 2.05) is 0 Å². The molecule has 2 aliphatic heterocycles. The maximum absolute atomic E-state index is 5.42. The van der Waals surface area contributed by atoms with Gasteiger partial charge in [0.1, 0.15) is 0 Å². The Bertz CT molecular complexity index is 403. The molecular weight excluding hydrogens is 202 g/mol. The highest BCUT2D eigenvalue weighted by Gasteiger charge is 2.21. The van der Waals surface area contributed by atoms with E-state index in [0.717, 1.165) is 24.5 Å². The smallest absolute Gasteiger partial charge is 0.231 e. The lowest BCUT2D eigenvalue weighted by Gasteiger charge is -2.28. The van der Waals surface area contributed by atoms with Crippen LogP contribution in [0, 0.1) is 0 Å². The third-order valence-corrected chi connectivity index (χ3v) is 3.33. The molecule has 3 heteroatoms. The maximum Gasteiger partial charge on any atom is 0.231 e. The SMILES string of the molecule is CCCN1CCc2cc3c(cc2C1)OCO3. The lowest BCUT2D eigenvalue weighted by Crippen LogP contribution is -2.31. The molecule has 0 amide bonds. The van der Waals surface area contributed by atoms with Crippen molar-refractivity contribution >= 4 is 0 Å². The highest BCUT2D eigenvalue weighted by atomic mass is 16.7. The number of hydrogen-bond acceptors (Lipinski definition) is 3. The predicted molar refractivity (Wildman–Crippen MR) is 61.8 cm³/mol. The summed E-state index contributed by atoms with van der Waals surface area (Å²) in [4.78, 5) is 2.50. The van der Waals surface area contributed by atoms with E-state index in [1.54, 1.807) is 0 Å². The van der Waals surface area contributed by atoms with Crippen LogP contribution >= 0.6 is 0 Å². The molecule has 1 aromatic rings. The summed E-state index contributed by atoms with van der Waals surface area (Å²) in [5.41, 5.74) is 2.83. The van der Waals surface area contributed by atoms with Gasteiger partial charge in [0.05, 0.1) is 0 Å². The number of rotatable bonds is 2. The summed E-state index contributed by atoms with van der Waals surface area (Å²) >= 11 is 0. The van der Waals surface area contributed by atoms with Crippen LogP contribution in [-0.4, -0.2) is 24.8 Å². The van der Waals surface area contributed by atoms with Crippen LogP contribution in [0.2, 0.25) is 0 Å². The first-order chi connectivity index (χ1) is 7.86. The number of benzene rings is 1. The minimum Gasteiger partial charge on any atom is -0.454 e. The van der Waals surface area contributed by atoms with Gasteiger partial charge in [-0.2, -0.15) is 0 Å². The van der Waals surface area contributed by atoms with Crippen LogP contribution in [0.4, 0.5) is 0 Å². The third-order valence-electron chi connectivity index (χ3n) is 3.33. The number of fused-ring (bicyclic) bond motifs is 2. The van der Waals surface area contributed by atoms with Crippen LogP contribution in [0.3, 0.4) is 0 Å². The third kappa shape index (κ3) is 1.65. The summed E-state index contributed by atoms with van der Waals surface area (Å²) in [6.07, 6.45) is 2.35. The monoisotopic (exact) mass is 219 g/mol. The molecule has 3 nitrogen and oxygen atoms in total. The molecule has 0 bridgehead atoms. The van der Waals surface area contributed by atoms with Gasteiger partial charge in [-0.05, 0) is 42.6 Å². The second-order valence-electron chi connectivity index (χ2n) is 4.50. The Balaban J connectivity index is 1.87. The first-order valence-electron chi connectivity index (χ1n) is 6.00. The van der Waals surface area contributed by atoms with Crippen molar-refractivity contribution in [1.82, 2.24) is 4.90 Å². The summed E-state index contributed by atoms with van der Waals surface area (Å²) < 4.78 is 10.8. The van der Waals surface area contributed by atoms with Gasteiger partial charge in [-0.15, -0.1) is 0 Å². The Morgan fingerprint density at radius 2 is 1.94 bits per heavy atom. The van der Waals surface area contributed by atoms with Gasteiger partial charge in [-0.1, -0.05) is 6.92 Å². The Labute approximate surface area is 96.0 Å². The van der Waals surface area contributed by atoms with Crippen molar-refractivity contribution in [2.75, 3.05) is 19.9 Å². The van der Waals surface area contributed by atoms with E-state index in [2.05, 4.69) is 24.0 Å². The van der Waals surface area contributed by atoms with Gasteiger partial charge in [0.2, 0.25) is 6.79 Å². The minimum atomic E-state index is 0.372. The second-order valence-corrected chi connectivity index (χ2v) is 4.50. The first-order valence-corrected chi connectivity index (χ1v) is 6.00. The molecule has 2 aliphatic rings. The topological polar surface area (TPSA) is 21.7 Å². The molecule has 2 heterocycles. The Kier molecular flexibility index (Phi) is 2.48. The fourth-order valence-corrected chi connectivity index (χ4v) is 2.51. The van der Waals surface area contributed by atoms with Gasteiger partial charge in [0.25, 0.3) is 0 Å². The lowest BCUT2D eigenvalue weighted by atomic mass is 9.99. The van der Waals surface area contributed by atoms with E-state index >= 15 is 0 Å². The lowest BCUT2D eigenvalue weighted by molar-refractivity contribution is 0.174. The minimum absolute atomic E-state index is 0.372. The van der Waals surface area contributed by atoms with Crippen molar-refractivity contribution in [3.8, 4) is 11.5 Å². The van der Waals surface area contributed by atoms with E-state index in [4.69, 9.17) is 9.47 Å². The highest BCUT2D eigenvalue weighted by molar-refractivity contribution is 5.49. The molecule has 0 saturated heterocycles. The Hall–Kier alpha value is -1.22. The summed E-state index contributed by atoms with van der Waals surface area (Å²) in [5.74, 6) is 1.83. The summed E-state index contributed by atoms with van der Waals surface area (Å²) in [5, 5.41) is 0. The average Bonchev–Trinajstić information content (AvgIpc) is 2.73. The fraction of sp³-hybridized carbons (Fsp3) is 0.538. The van der Waals surface area contributed by atoms with Crippen LogP contribution in [0.1, 0.15) is 24.5 Å². The fourth-order valence-electron chi connectivity index (χ4n) is 2.51. The molecule has 0 N–H and O–H groups in total. The molecule has 0 unspecified atom stereocenters. The van der Waals surface area contributed by atoms with Gasteiger partial charge in [0.15, 0.2) is 11.5 Å². The van der Waals surface area contributed by atoms with Crippen LogP contribution in [-0.2, 0) is 13.0 Å². The normalized spacial score (nSPS) is 18.6. The van der Waals surface area contributed by atoms with Crippen LogP contribution in [0.5, 0.6) is 11.5 Å². The molecule has 0 atom stereocenters. The van der Waals surface area contributed by atoms with E-state index in [9.17, 15) is 0 Å². The van der Waals surface area contributed by atoms with Gasteiger partial charge in [-0.25, -0.2) is 0 Å². The molecule has 1 aromatic carbocycles. The van der Waals surface area contributed by atoms with Crippen molar-refractivity contribution < 1.29 is 9.47 Å². The number of hydrogen-bond donors (Lipinski definition) is 0. The quantitative estimate of drug-likeness (QED) is 0.761. The summed E-state index contributed by atoms with van der Waals surface area (Å²) in [7, 11) is 0. The molecule has 86 valence electrons. The molecule has 16 heavy (non-hydrogen) atoms. The summed E-state index contributed by atoms with van der Waals surface area (Å²) in [6.45, 7) is 6.01. The van der Waals surface area contributed by atoms with E-state index in [0.29, 0.717) is 6.79 Å². The first kappa shape index (κ1) is 9.97. The zero-order chi connectivity index (χ0) is 11.0. The molecular formula is C13H17NO2. The van der Waals surface area contributed by atoms with Gasteiger partial charge in [-0.3, -0.25) is 4.90 Å². The van der Waals surface area contributed by atoms with E-state index in [-0.39, 0.29) is 0 Å². The number of ether oxygens (including phenoxy) is 2. The molecule has 0 radical (unpaired) electrons. The van der Waals surface area contributed by atoms with Crippen LogP contribution in [0.25, 0.3) is 0 Å². The van der Waals surface area contributed by atoms with Crippen LogP contribution in [0.15, 0.2) is 12.1 Å². The van der Waals surface area contributed by atoms with Crippen molar-refractivity contribution in [2.45, 2.75) is 26.3 Å². The van der Waals surface area contributed by atoms with Gasteiger partial charge < -0.3 is 9.47 Å². The largest absolute Gasteiger partial charge is 0.454 e. The van der Waals surface area contributed by atoms with Gasteiger partial charge >= 0.3 is 0 Å². The average molecular weight is 219 g/mol. The van der Waals surface area contributed by atoms with Crippen molar-refractivity contribution in [3.63, 3.8) is 0 Å². The zero-order valence-electron chi connectivity index (χ0n) is 9.66. The second kappa shape index (κ2) is 3.98. The highest BCUT2D eigenvalue weighted by Crippen LogP contribution is 2.36. The van der Waals surface area contributed by atoms with Crippen molar-refractivity contribution in [3.05, 3.63) is 23.3 Å². The van der Waals surface area contributed by atoms with Crippen molar-refractivity contribution in [2.24, 2.45) is 0 Å². The molecule has 3 rings (SSSR count). The molecule has 0 spiro atoms. The van der Waals surface area contributed by atoms with Gasteiger partial charge in [0, 0.05) is 13.1 Å². The van der Waals surface area contributed by atoms with Crippen molar-refractivity contribution in [1.29, 1.82) is 0 Å². The van der Waals surface area contributed by atoms with Crippen LogP contribution < -0.4 is 9.47 Å². The molecule has 0 saturated carbocycles. The standard InChI is InChI=1S/C13H17NO2/c1-2-4-14-5-3-10-6-12-13(16-9-15-12)7-11(10)8-14/h6-7H,2-5,8-9H2,1H3. The molecule has 0 fully saturated rings. The zero-order valence-corrected chi connectivity index (χ0v) is 9.66. The van der Waals surface area contributed by atoms with E-state index in [1.165, 1.54) is 30.6 Å². The Morgan fingerprint density at radius 3 is 2.69 bits per heavy atom. The van der Waals surface area contributed by atoms with E-state index < -0.39 is 0 Å². The number of nitrogens with zero attached hydrogens (tertiary/aromatic N) is 1. The predicted octanol–water partition coefficient (Wildman–Crippen LogP) is 2.18.